The van der Waals surface area contributed by atoms with Crippen LogP contribution in [-0.4, -0.2) is 31.0 Å². The zero-order valence-corrected chi connectivity index (χ0v) is 9.93. The van der Waals surface area contributed by atoms with Crippen molar-refractivity contribution in [3.05, 3.63) is 29.8 Å². The number of carbonyl (C=O) groups excluding carboxylic acids is 2. The molecule has 0 spiro atoms. The van der Waals surface area contributed by atoms with Crippen molar-refractivity contribution in [2.45, 2.75) is 18.5 Å². The van der Waals surface area contributed by atoms with Crippen LogP contribution in [0.1, 0.15) is 23.2 Å². The fraction of sp³-hybridized carbons (Fsp3) is 0.385. The minimum atomic E-state index is -1.68. The Morgan fingerprint density at radius 1 is 1.28 bits per heavy atom. The average Bonchev–Trinajstić information content (AvgIpc) is 2.40. The van der Waals surface area contributed by atoms with Gasteiger partial charge in [0, 0.05) is 37.2 Å². The number of alkyl halides is 1. The van der Waals surface area contributed by atoms with Crippen LogP contribution >= 0.6 is 0 Å². The molecule has 1 fully saturated rings. The van der Waals surface area contributed by atoms with Crippen LogP contribution in [0.3, 0.4) is 0 Å². The normalized spacial score (nSPS) is 18.4. The molecule has 1 heterocycles. The van der Waals surface area contributed by atoms with E-state index < -0.39 is 11.6 Å². The van der Waals surface area contributed by atoms with E-state index in [1.165, 1.54) is 0 Å². The number of aldehydes is 1. The molecule has 2 N–H and O–H groups in total. The number of piperidine rings is 1. The van der Waals surface area contributed by atoms with Gasteiger partial charge in [0.1, 0.15) is 0 Å². The molecule has 1 saturated heterocycles. The molecule has 1 aliphatic rings. The molecule has 1 aromatic carbocycles. The number of anilines is 1. The average molecular weight is 250 g/mol. The lowest BCUT2D eigenvalue weighted by atomic mass is 9.94. The first-order valence-electron chi connectivity index (χ1n) is 5.84. The number of rotatable bonds is 3. The minimum absolute atomic E-state index is 0.202. The summed E-state index contributed by atoms with van der Waals surface area (Å²) in [6.07, 6.45) is 0.808. The third-order valence-corrected chi connectivity index (χ3v) is 3.32. The number of benzene rings is 1. The van der Waals surface area contributed by atoms with Gasteiger partial charge in [0.15, 0.2) is 12.0 Å². The summed E-state index contributed by atoms with van der Waals surface area (Å²) in [4.78, 5) is 23.5. The predicted octanol–water partition coefficient (Wildman–Crippen LogP) is 1.29. The molecule has 0 unspecified atom stereocenters. The number of amides is 1. The second-order valence-electron chi connectivity index (χ2n) is 4.55. The Morgan fingerprint density at radius 2 is 1.83 bits per heavy atom. The number of halogens is 1. The fourth-order valence-corrected chi connectivity index (χ4v) is 2.09. The molecule has 0 bridgehead atoms. The number of hydrogen-bond donors (Lipinski definition) is 1. The summed E-state index contributed by atoms with van der Waals surface area (Å²) in [7, 11) is 0. The largest absolute Gasteiger partial charge is 0.371 e. The summed E-state index contributed by atoms with van der Waals surface area (Å²) in [6.45, 7) is 0.982. The Kier molecular flexibility index (Phi) is 3.32. The summed E-state index contributed by atoms with van der Waals surface area (Å²) in [5.74, 6) is -0.469. The summed E-state index contributed by atoms with van der Waals surface area (Å²) >= 11 is 0. The van der Waals surface area contributed by atoms with E-state index >= 15 is 0 Å². The van der Waals surface area contributed by atoms with Gasteiger partial charge < -0.3 is 10.6 Å². The molecule has 0 aromatic heterocycles. The van der Waals surface area contributed by atoms with Gasteiger partial charge in [0.25, 0.3) is 0 Å². The van der Waals surface area contributed by atoms with E-state index in [9.17, 15) is 14.0 Å². The standard InChI is InChI=1S/C13H15FN2O2/c14-13(9-17)5-7-16(8-6-13)11-3-1-10(2-4-11)12(15)18/h1-4,9H,5-8H2,(H2,15,18). The van der Waals surface area contributed by atoms with Gasteiger partial charge in [-0.05, 0) is 24.3 Å². The van der Waals surface area contributed by atoms with Crippen LogP contribution in [0.2, 0.25) is 0 Å². The van der Waals surface area contributed by atoms with Crippen molar-refractivity contribution < 1.29 is 14.0 Å². The molecular formula is C13H15FN2O2. The molecule has 4 nitrogen and oxygen atoms in total. The summed E-state index contributed by atoms with van der Waals surface area (Å²) in [5.41, 5.74) is 4.84. The Balaban J connectivity index is 2.05. The second-order valence-corrected chi connectivity index (χ2v) is 4.55. The van der Waals surface area contributed by atoms with Crippen molar-refractivity contribution in [1.82, 2.24) is 0 Å². The molecule has 1 aliphatic heterocycles. The molecule has 1 amide bonds. The number of carbonyl (C=O) groups is 2. The van der Waals surface area contributed by atoms with Crippen LogP contribution in [0.5, 0.6) is 0 Å². The SMILES string of the molecule is NC(=O)c1ccc(N2CCC(F)(C=O)CC2)cc1. The van der Waals surface area contributed by atoms with Crippen molar-refractivity contribution in [3.63, 3.8) is 0 Å². The Labute approximate surface area is 105 Å². The fourth-order valence-electron chi connectivity index (χ4n) is 2.09. The van der Waals surface area contributed by atoms with Gasteiger partial charge in [0.2, 0.25) is 5.91 Å². The second kappa shape index (κ2) is 4.76. The maximum absolute atomic E-state index is 13.7. The summed E-state index contributed by atoms with van der Waals surface area (Å²) < 4.78 is 13.7. The van der Waals surface area contributed by atoms with E-state index in [2.05, 4.69) is 0 Å². The van der Waals surface area contributed by atoms with Crippen LogP contribution in [-0.2, 0) is 4.79 Å². The van der Waals surface area contributed by atoms with Crippen molar-refractivity contribution in [3.8, 4) is 0 Å². The maximum Gasteiger partial charge on any atom is 0.248 e. The van der Waals surface area contributed by atoms with E-state index in [0.29, 0.717) is 24.9 Å². The molecule has 0 atom stereocenters. The van der Waals surface area contributed by atoms with Crippen LogP contribution < -0.4 is 10.6 Å². The molecule has 1 aromatic rings. The Hall–Kier alpha value is -1.91. The van der Waals surface area contributed by atoms with Crippen molar-refractivity contribution in [2.75, 3.05) is 18.0 Å². The lowest BCUT2D eigenvalue weighted by molar-refractivity contribution is -0.119. The van der Waals surface area contributed by atoms with Crippen LogP contribution in [0, 0.1) is 0 Å². The quantitative estimate of drug-likeness (QED) is 0.822. The molecule has 96 valence electrons. The van der Waals surface area contributed by atoms with E-state index in [0.717, 1.165) is 5.69 Å². The molecule has 0 saturated carbocycles. The molecule has 0 radical (unpaired) electrons. The topological polar surface area (TPSA) is 63.4 Å². The minimum Gasteiger partial charge on any atom is -0.371 e. The highest BCUT2D eigenvalue weighted by molar-refractivity contribution is 5.93. The number of nitrogens with zero attached hydrogens (tertiary/aromatic N) is 1. The Morgan fingerprint density at radius 3 is 2.28 bits per heavy atom. The first kappa shape index (κ1) is 12.5. The molecule has 18 heavy (non-hydrogen) atoms. The molecule has 0 aliphatic carbocycles. The Bertz CT molecular complexity index is 451. The van der Waals surface area contributed by atoms with Gasteiger partial charge >= 0.3 is 0 Å². The smallest absolute Gasteiger partial charge is 0.248 e. The lowest BCUT2D eigenvalue weighted by Gasteiger charge is -2.34. The first-order chi connectivity index (χ1) is 8.54. The third kappa shape index (κ3) is 2.50. The van der Waals surface area contributed by atoms with Gasteiger partial charge in [0.05, 0.1) is 0 Å². The predicted molar refractivity (Wildman–Crippen MR) is 66.3 cm³/mol. The number of primary amides is 1. The van der Waals surface area contributed by atoms with E-state index in [1.807, 2.05) is 4.90 Å². The van der Waals surface area contributed by atoms with E-state index in [-0.39, 0.29) is 12.8 Å². The summed E-state index contributed by atoms with van der Waals surface area (Å²) in [6, 6.07) is 6.86. The van der Waals surface area contributed by atoms with Crippen molar-refractivity contribution >= 4 is 17.9 Å². The highest BCUT2D eigenvalue weighted by Crippen LogP contribution is 2.27. The highest BCUT2D eigenvalue weighted by atomic mass is 19.1. The van der Waals surface area contributed by atoms with Gasteiger partial charge in [-0.3, -0.25) is 9.59 Å². The van der Waals surface area contributed by atoms with Gasteiger partial charge in [-0.1, -0.05) is 0 Å². The van der Waals surface area contributed by atoms with Crippen LogP contribution in [0.15, 0.2) is 24.3 Å². The zero-order chi connectivity index (χ0) is 13.2. The van der Waals surface area contributed by atoms with Gasteiger partial charge in [-0.15, -0.1) is 0 Å². The van der Waals surface area contributed by atoms with E-state index in [4.69, 9.17) is 5.73 Å². The highest BCUT2D eigenvalue weighted by Gasteiger charge is 2.34. The van der Waals surface area contributed by atoms with Gasteiger partial charge in [-0.2, -0.15) is 0 Å². The number of hydrogen-bond acceptors (Lipinski definition) is 3. The van der Waals surface area contributed by atoms with E-state index in [1.54, 1.807) is 24.3 Å². The van der Waals surface area contributed by atoms with Gasteiger partial charge in [-0.25, -0.2) is 4.39 Å². The monoisotopic (exact) mass is 250 g/mol. The van der Waals surface area contributed by atoms with Crippen molar-refractivity contribution in [1.29, 1.82) is 0 Å². The van der Waals surface area contributed by atoms with Crippen LogP contribution in [0.25, 0.3) is 0 Å². The third-order valence-electron chi connectivity index (χ3n) is 3.32. The zero-order valence-electron chi connectivity index (χ0n) is 9.93. The number of nitrogens with two attached hydrogens (primary N) is 1. The maximum atomic E-state index is 13.7. The first-order valence-corrected chi connectivity index (χ1v) is 5.84. The van der Waals surface area contributed by atoms with Crippen LogP contribution in [0.4, 0.5) is 10.1 Å². The van der Waals surface area contributed by atoms with Crippen molar-refractivity contribution in [2.24, 2.45) is 5.73 Å². The lowest BCUT2D eigenvalue weighted by Crippen LogP contribution is -2.42. The molecule has 5 heteroatoms. The molecular weight excluding hydrogens is 235 g/mol. The summed E-state index contributed by atoms with van der Waals surface area (Å²) in [5, 5.41) is 0. The molecule has 2 rings (SSSR count).